The van der Waals surface area contributed by atoms with Crippen LogP contribution in [0.4, 0.5) is 5.82 Å². The SMILES string of the molecule is CN(C)C(=O)c1cnn2c1NCCC2c1ccsc1. The monoisotopic (exact) mass is 276 g/mol. The van der Waals surface area contributed by atoms with Crippen molar-refractivity contribution in [1.29, 1.82) is 0 Å². The van der Waals surface area contributed by atoms with Gasteiger partial charge in [-0.25, -0.2) is 4.68 Å². The summed E-state index contributed by atoms with van der Waals surface area (Å²) < 4.78 is 1.93. The molecule has 1 unspecified atom stereocenters. The largest absolute Gasteiger partial charge is 0.369 e. The minimum atomic E-state index is -0.0141. The minimum absolute atomic E-state index is 0.0141. The maximum absolute atomic E-state index is 12.1. The highest BCUT2D eigenvalue weighted by molar-refractivity contribution is 7.07. The van der Waals surface area contributed by atoms with Gasteiger partial charge in [-0.1, -0.05) is 0 Å². The first-order chi connectivity index (χ1) is 9.18. The maximum atomic E-state index is 12.1. The lowest BCUT2D eigenvalue weighted by Crippen LogP contribution is -2.27. The zero-order valence-corrected chi connectivity index (χ0v) is 11.8. The summed E-state index contributed by atoms with van der Waals surface area (Å²) in [5.41, 5.74) is 1.91. The van der Waals surface area contributed by atoms with Crippen LogP contribution in [0.15, 0.2) is 23.0 Å². The molecule has 3 heterocycles. The van der Waals surface area contributed by atoms with Crippen molar-refractivity contribution >= 4 is 23.1 Å². The van der Waals surface area contributed by atoms with Crippen LogP contribution in [-0.2, 0) is 0 Å². The van der Waals surface area contributed by atoms with Gasteiger partial charge < -0.3 is 10.2 Å². The lowest BCUT2D eigenvalue weighted by Gasteiger charge is -2.26. The molecule has 1 aliphatic rings. The highest BCUT2D eigenvalue weighted by Gasteiger charge is 2.27. The Bertz CT molecular complexity index is 588. The molecule has 0 aliphatic carbocycles. The second kappa shape index (κ2) is 4.70. The lowest BCUT2D eigenvalue weighted by molar-refractivity contribution is 0.0828. The first-order valence-corrected chi connectivity index (χ1v) is 7.18. The van der Waals surface area contributed by atoms with Crippen LogP contribution in [0.1, 0.15) is 28.4 Å². The number of hydrogen-bond acceptors (Lipinski definition) is 4. The summed E-state index contributed by atoms with van der Waals surface area (Å²) in [4.78, 5) is 13.7. The molecule has 3 rings (SSSR count). The number of thiophene rings is 1. The van der Waals surface area contributed by atoms with Gasteiger partial charge in [0.2, 0.25) is 0 Å². The number of nitrogens with zero attached hydrogens (tertiary/aromatic N) is 3. The number of nitrogens with one attached hydrogen (secondary N) is 1. The van der Waals surface area contributed by atoms with Crippen molar-refractivity contribution in [1.82, 2.24) is 14.7 Å². The Hall–Kier alpha value is -1.82. The normalized spacial score (nSPS) is 17.7. The second-order valence-corrected chi connectivity index (χ2v) is 5.62. The predicted molar refractivity (Wildman–Crippen MR) is 75.8 cm³/mol. The average Bonchev–Trinajstić information content (AvgIpc) is 3.06. The third-order valence-electron chi connectivity index (χ3n) is 3.37. The van der Waals surface area contributed by atoms with E-state index < -0.39 is 0 Å². The van der Waals surface area contributed by atoms with Crippen LogP contribution in [-0.4, -0.2) is 41.2 Å². The number of amides is 1. The molecule has 1 N–H and O–H groups in total. The van der Waals surface area contributed by atoms with E-state index >= 15 is 0 Å². The summed E-state index contributed by atoms with van der Waals surface area (Å²) in [7, 11) is 3.51. The van der Waals surface area contributed by atoms with Crippen molar-refractivity contribution in [3.8, 4) is 0 Å². The molecule has 0 fully saturated rings. The molecule has 1 atom stereocenters. The highest BCUT2D eigenvalue weighted by Crippen LogP contribution is 2.32. The Balaban J connectivity index is 2.01. The number of hydrogen-bond donors (Lipinski definition) is 1. The molecular weight excluding hydrogens is 260 g/mol. The van der Waals surface area contributed by atoms with Gasteiger partial charge in [-0.3, -0.25) is 4.79 Å². The highest BCUT2D eigenvalue weighted by atomic mass is 32.1. The number of rotatable bonds is 2. The Morgan fingerprint density at radius 1 is 1.58 bits per heavy atom. The molecule has 0 saturated heterocycles. The van der Waals surface area contributed by atoms with E-state index in [0.717, 1.165) is 18.8 Å². The number of carbonyl (C=O) groups excluding carboxylic acids is 1. The zero-order valence-electron chi connectivity index (χ0n) is 11.0. The summed E-state index contributed by atoms with van der Waals surface area (Å²) >= 11 is 1.69. The Kier molecular flexibility index (Phi) is 3.02. The molecule has 19 heavy (non-hydrogen) atoms. The fraction of sp³-hybridized carbons (Fsp3) is 0.385. The summed E-state index contributed by atoms with van der Waals surface area (Å²) in [5.74, 6) is 0.820. The molecule has 6 heteroatoms. The molecule has 0 aromatic carbocycles. The van der Waals surface area contributed by atoms with Gasteiger partial charge in [-0.05, 0) is 28.8 Å². The quantitative estimate of drug-likeness (QED) is 0.913. The molecule has 0 radical (unpaired) electrons. The lowest BCUT2D eigenvalue weighted by atomic mass is 10.1. The molecule has 1 aliphatic heterocycles. The molecular formula is C13H16N4OS. The molecule has 0 spiro atoms. The molecule has 2 aromatic heterocycles. The van der Waals surface area contributed by atoms with Gasteiger partial charge in [-0.2, -0.15) is 16.4 Å². The minimum Gasteiger partial charge on any atom is -0.369 e. The Labute approximate surface area is 115 Å². The Morgan fingerprint density at radius 3 is 3.11 bits per heavy atom. The van der Waals surface area contributed by atoms with E-state index in [0.29, 0.717) is 5.56 Å². The van der Waals surface area contributed by atoms with Crippen LogP contribution in [0.2, 0.25) is 0 Å². The average molecular weight is 276 g/mol. The molecule has 0 bridgehead atoms. The summed E-state index contributed by atoms with van der Waals surface area (Å²) in [6.45, 7) is 0.861. The molecule has 0 saturated carbocycles. The third-order valence-corrected chi connectivity index (χ3v) is 4.07. The molecule has 2 aromatic rings. The van der Waals surface area contributed by atoms with Crippen LogP contribution in [0.3, 0.4) is 0 Å². The standard InChI is InChI=1S/C13H16N4OS/c1-16(2)13(18)10-7-15-17-11(3-5-14-12(10)17)9-4-6-19-8-9/h4,6-8,11,14H,3,5H2,1-2H3. The third kappa shape index (κ3) is 2.02. The van der Waals surface area contributed by atoms with Crippen LogP contribution in [0, 0.1) is 0 Å². The maximum Gasteiger partial charge on any atom is 0.258 e. The van der Waals surface area contributed by atoms with Gasteiger partial charge >= 0.3 is 0 Å². The van der Waals surface area contributed by atoms with Crippen LogP contribution in [0.5, 0.6) is 0 Å². The smallest absolute Gasteiger partial charge is 0.258 e. The number of fused-ring (bicyclic) bond motifs is 1. The number of anilines is 1. The van der Waals surface area contributed by atoms with Gasteiger partial charge in [-0.15, -0.1) is 0 Å². The van der Waals surface area contributed by atoms with E-state index in [2.05, 4.69) is 27.2 Å². The van der Waals surface area contributed by atoms with Gasteiger partial charge in [0.1, 0.15) is 11.4 Å². The van der Waals surface area contributed by atoms with E-state index in [1.807, 2.05) is 4.68 Å². The molecule has 5 nitrogen and oxygen atoms in total. The van der Waals surface area contributed by atoms with Crippen LogP contribution in [0.25, 0.3) is 0 Å². The van der Waals surface area contributed by atoms with Gasteiger partial charge in [0.25, 0.3) is 5.91 Å². The Morgan fingerprint density at radius 2 is 2.42 bits per heavy atom. The topological polar surface area (TPSA) is 50.2 Å². The number of aromatic nitrogens is 2. The van der Waals surface area contributed by atoms with Crippen molar-refractivity contribution in [2.24, 2.45) is 0 Å². The van der Waals surface area contributed by atoms with Crippen molar-refractivity contribution in [2.75, 3.05) is 26.0 Å². The van der Waals surface area contributed by atoms with E-state index in [1.54, 1.807) is 36.5 Å². The number of carbonyl (C=O) groups is 1. The van der Waals surface area contributed by atoms with Crippen molar-refractivity contribution in [3.63, 3.8) is 0 Å². The van der Waals surface area contributed by atoms with E-state index in [-0.39, 0.29) is 11.9 Å². The van der Waals surface area contributed by atoms with E-state index in [9.17, 15) is 4.79 Å². The van der Waals surface area contributed by atoms with Crippen molar-refractivity contribution < 1.29 is 4.79 Å². The summed E-state index contributed by atoms with van der Waals surface area (Å²) in [5, 5.41) is 11.9. The fourth-order valence-electron chi connectivity index (χ4n) is 2.39. The van der Waals surface area contributed by atoms with Crippen LogP contribution < -0.4 is 5.32 Å². The first-order valence-electron chi connectivity index (χ1n) is 6.23. The first kappa shape index (κ1) is 12.2. The van der Waals surface area contributed by atoms with Gasteiger partial charge in [0.05, 0.1) is 12.2 Å². The van der Waals surface area contributed by atoms with Crippen molar-refractivity contribution in [2.45, 2.75) is 12.5 Å². The fourth-order valence-corrected chi connectivity index (χ4v) is 3.10. The van der Waals surface area contributed by atoms with Gasteiger partial charge in [0.15, 0.2) is 0 Å². The van der Waals surface area contributed by atoms with Gasteiger partial charge in [0, 0.05) is 20.6 Å². The molecule has 1 amide bonds. The summed E-state index contributed by atoms with van der Waals surface area (Å²) in [6, 6.07) is 2.35. The molecule has 100 valence electrons. The van der Waals surface area contributed by atoms with E-state index in [1.165, 1.54) is 5.56 Å². The van der Waals surface area contributed by atoms with E-state index in [4.69, 9.17) is 0 Å². The van der Waals surface area contributed by atoms with Crippen molar-refractivity contribution in [3.05, 3.63) is 34.2 Å². The zero-order chi connectivity index (χ0) is 13.4. The summed E-state index contributed by atoms with van der Waals surface area (Å²) in [6.07, 6.45) is 2.65. The van der Waals surface area contributed by atoms with Crippen LogP contribution >= 0.6 is 11.3 Å². The second-order valence-electron chi connectivity index (χ2n) is 4.84. The predicted octanol–water partition coefficient (Wildman–Crippen LogP) is 2.05.